The van der Waals surface area contributed by atoms with E-state index >= 15 is 0 Å². The van der Waals surface area contributed by atoms with Crippen LogP contribution in [0.5, 0.6) is 0 Å². The predicted octanol–water partition coefficient (Wildman–Crippen LogP) is 3.36. The number of hydrogen-bond acceptors (Lipinski definition) is 4. The summed E-state index contributed by atoms with van der Waals surface area (Å²) in [7, 11) is 0. The maximum absolute atomic E-state index is 12.6. The smallest absolute Gasteiger partial charge is 0.409 e. The molecule has 0 unspecified atom stereocenters. The van der Waals surface area contributed by atoms with E-state index in [1.165, 1.54) is 0 Å². The molecule has 0 aromatic heterocycles. The van der Waals surface area contributed by atoms with Gasteiger partial charge < -0.3 is 10.1 Å². The van der Waals surface area contributed by atoms with Crippen molar-refractivity contribution in [2.24, 2.45) is 0 Å². The van der Waals surface area contributed by atoms with Crippen LogP contribution in [0.25, 0.3) is 0 Å². The van der Waals surface area contributed by atoms with E-state index < -0.39 is 12.3 Å². The van der Waals surface area contributed by atoms with Crippen LogP contribution in [0.15, 0.2) is 54.6 Å². The van der Waals surface area contributed by atoms with Crippen LogP contribution in [0, 0.1) is 6.92 Å². The predicted molar refractivity (Wildman–Crippen MR) is 89.5 cm³/mol. The molecule has 0 saturated heterocycles. The molecule has 0 heterocycles. The minimum atomic E-state index is -0.904. The number of amides is 1. The molecule has 5 nitrogen and oxygen atoms in total. The molecular weight excluding hydrogens is 292 g/mol. The molecule has 0 aliphatic heterocycles. The number of Topliss-reactive ketones (excluding diaryl/α,β-unsaturated/α-hetero) is 1. The Morgan fingerprint density at radius 2 is 1.70 bits per heavy atom. The van der Waals surface area contributed by atoms with Gasteiger partial charge in [0.25, 0.3) is 0 Å². The summed E-state index contributed by atoms with van der Waals surface area (Å²) in [5.74, 6) is -0.237. The summed E-state index contributed by atoms with van der Waals surface area (Å²) in [5.41, 5.74) is 2.36. The molecule has 23 heavy (non-hydrogen) atoms. The molecule has 1 amide bonds. The summed E-state index contributed by atoms with van der Waals surface area (Å²) in [6.45, 7) is 3.93. The van der Waals surface area contributed by atoms with Crippen molar-refractivity contribution in [1.29, 1.82) is 0 Å². The van der Waals surface area contributed by atoms with Gasteiger partial charge >= 0.3 is 6.09 Å². The maximum atomic E-state index is 12.6. The lowest BCUT2D eigenvalue weighted by Crippen LogP contribution is -2.46. The zero-order valence-corrected chi connectivity index (χ0v) is 13.2. The van der Waals surface area contributed by atoms with Crippen LogP contribution in [-0.4, -0.2) is 24.6 Å². The zero-order chi connectivity index (χ0) is 16.7. The van der Waals surface area contributed by atoms with Gasteiger partial charge in [0.1, 0.15) is 0 Å². The Hall–Kier alpha value is -2.82. The molecule has 0 bridgehead atoms. The fourth-order valence-corrected chi connectivity index (χ4v) is 2.04. The number of ether oxygens (including phenoxy) is 1. The molecule has 0 fully saturated rings. The van der Waals surface area contributed by atoms with Crippen LogP contribution < -0.4 is 10.6 Å². The van der Waals surface area contributed by atoms with E-state index in [0.29, 0.717) is 5.56 Å². The average Bonchev–Trinajstić information content (AvgIpc) is 2.56. The van der Waals surface area contributed by atoms with E-state index in [2.05, 4.69) is 10.6 Å². The van der Waals surface area contributed by atoms with Crippen molar-refractivity contribution >= 4 is 17.6 Å². The molecule has 5 heteroatoms. The number of benzene rings is 2. The molecule has 2 rings (SSSR count). The second-order valence-corrected chi connectivity index (χ2v) is 5.04. The summed E-state index contributed by atoms with van der Waals surface area (Å²) in [6.07, 6.45) is -1.54. The first-order valence-electron chi connectivity index (χ1n) is 7.46. The van der Waals surface area contributed by atoms with Crippen LogP contribution >= 0.6 is 0 Å². The number of ketones is 1. The Morgan fingerprint density at radius 1 is 1.04 bits per heavy atom. The van der Waals surface area contributed by atoms with Gasteiger partial charge in [-0.05, 0) is 26.0 Å². The van der Waals surface area contributed by atoms with Gasteiger partial charge in [-0.1, -0.05) is 48.0 Å². The van der Waals surface area contributed by atoms with Gasteiger partial charge in [-0.3, -0.25) is 10.1 Å². The molecule has 1 atom stereocenters. The number of anilines is 1. The molecule has 2 N–H and O–H groups in total. The number of carbonyl (C=O) groups is 2. The second-order valence-electron chi connectivity index (χ2n) is 5.04. The fraction of sp³-hybridized carbons (Fsp3) is 0.222. The fourth-order valence-electron chi connectivity index (χ4n) is 2.04. The molecule has 120 valence electrons. The molecule has 0 radical (unpaired) electrons. The average molecular weight is 312 g/mol. The molecule has 0 saturated carbocycles. The van der Waals surface area contributed by atoms with Gasteiger partial charge in [0.2, 0.25) is 5.78 Å². The maximum Gasteiger partial charge on any atom is 0.409 e. The van der Waals surface area contributed by atoms with Crippen LogP contribution in [-0.2, 0) is 4.74 Å². The number of aryl methyl sites for hydroxylation is 1. The Kier molecular flexibility index (Phi) is 5.74. The van der Waals surface area contributed by atoms with Crippen molar-refractivity contribution in [2.75, 3.05) is 11.9 Å². The lowest BCUT2D eigenvalue weighted by Gasteiger charge is -2.20. The molecule has 0 spiro atoms. The van der Waals surface area contributed by atoms with Crippen LogP contribution in [0.1, 0.15) is 22.8 Å². The van der Waals surface area contributed by atoms with E-state index in [-0.39, 0.29) is 12.4 Å². The highest BCUT2D eigenvalue weighted by Gasteiger charge is 2.22. The highest BCUT2D eigenvalue weighted by Crippen LogP contribution is 2.12. The van der Waals surface area contributed by atoms with Gasteiger partial charge in [-0.15, -0.1) is 0 Å². The van der Waals surface area contributed by atoms with Gasteiger partial charge in [0, 0.05) is 11.3 Å². The number of carbonyl (C=O) groups excluding carboxylic acids is 2. The van der Waals surface area contributed by atoms with E-state index in [9.17, 15) is 9.59 Å². The third-order valence-electron chi connectivity index (χ3n) is 3.22. The molecule has 0 aliphatic rings. The lowest BCUT2D eigenvalue weighted by molar-refractivity contribution is 0.0938. The van der Waals surface area contributed by atoms with Gasteiger partial charge in [-0.25, -0.2) is 4.79 Å². The zero-order valence-electron chi connectivity index (χ0n) is 13.2. The molecule has 0 aliphatic carbocycles. The van der Waals surface area contributed by atoms with Gasteiger partial charge in [0.15, 0.2) is 6.17 Å². The summed E-state index contributed by atoms with van der Waals surface area (Å²) in [6, 6.07) is 16.4. The van der Waals surface area contributed by atoms with E-state index in [0.717, 1.165) is 11.3 Å². The number of rotatable bonds is 6. The monoisotopic (exact) mass is 312 g/mol. The highest BCUT2D eigenvalue weighted by atomic mass is 16.5. The first kappa shape index (κ1) is 16.5. The summed E-state index contributed by atoms with van der Waals surface area (Å²) in [5, 5.41) is 5.59. The largest absolute Gasteiger partial charge is 0.450 e. The van der Waals surface area contributed by atoms with E-state index in [1.54, 1.807) is 31.2 Å². The van der Waals surface area contributed by atoms with Crippen molar-refractivity contribution < 1.29 is 14.3 Å². The molecule has 2 aromatic rings. The van der Waals surface area contributed by atoms with Crippen LogP contribution in [0.2, 0.25) is 0 Å². The Morgan fingerprint density at radius 3 is 2.30 bits per heavy atom. The third-order valence-corrected chi connectivity index (χ3v) is 3.22. The van der Waals surface area contributed by atoms with Crippen LogP contribution in [0.3, 0.4) is 0 Å². The standard InChI is InChI=1S/C18H20N2O3/c1-3-23-18(22)20-17(16(21)14-7-5-4-6-8-14)19-15-11-9-13(2)10-12-15/h4-12,17,19H,3H2,1-2H3,(H,20,22)/t17-/m1/s1. The minimum absolute atomic E-state index is 0.237. The first-order valence-corrected chi connectivity index (χ1v) is 7.46. The number of hydrogen-bond donors (Lipinski definition) is 2. The third kappa shape index (κ3) is 4.85. The Balaban J connectivity index is 2.18. The van der Waals surface area contributed by atoms with Gasteiger partial charge in [0.05, 0.1) is 6.61 Å². The van der Waals surface area contributed by atoms with E-state index in [1.807, 2.05) is 37.3 Å². The lowest BCUT2D eigenvalue weighted by atomic mass is 10.1. The highest BCUT2D eigenvalue weighted by molar-refractivity contribution is 6.02. The number of nitrogens with one attached hydrogen (secondary N) is 2. The molecular formula is C18H20N2O3. The van der Waals surface area contributed by atoms with Crippen molar-refractivity contribution in [3.63, 3.8) is 0 Å². The van der Waals surface area contributed by atoms with Crippen molar-refractivity contribution in [1.82, 2.24) is 5.32 Å². The summed E-state index contributed by atoms with van der Waals surface area (Å²) >= 11 is 0. The van der Waals surface area contributed by atoms with Crippen LogP contribution in [0.4, 0.5) is 10.5 Å². The topological polar surface area (TPSA) is 67.4 Å². The van der Waals surface area contributed by atoms with Crippen molar-refractivity contribution in [3.05, 3.63) is 65.7 Å². The molecule has 2 aromatic carbocycles. The summed E-state index contributed by atoms with van der Waals surface area (Å²) < 4.78 is 4.87. The normalized spacial score (nSPS) is 11.4. The Bertz CT molecular complexity index is 654. The van der Waals surface area contributed by atoms with E-state index in [4.69, 9.17) is 4.74 Å². The quantitative estimate of drug-likeness (QED) is 0.634. The minimum Gasteiger partial charge on any atom is -0.450 e. The SMILES string of the molecule is CCOC(=O)N[C@@H](Nc1ccc(C)cc1)C(=O)c1ccccc1. The number of alkyl carbamates (subject to hydrolysis) is 1. The van der Waals surface area contributed by atoms with Crippen molar-refractivity contribution in [3.8, 4) is 0 Å². The second kappa shape index (κ2) is 7.98. The van der Waals surface area contributed by atoms with Crippen molar-refractivity contribution in [2.45, 2.75) is 20.0 Å². The Labute approximate surface area is 135 Å². The van der Waals surface area contributed by atoms with Gasteiger partial charge in [-0.2, -0.15) is 0 Å². The summed E-state index contributed by atoms with van der Waals surface area (Å²) in [4.78, 5) is 24.3. The first-order chi connectivity index (χ1) is 11.1.